The zero-order valence-electron chi connectivity index (χ0n) is 14.4. The lowest BCUT2D eigenvalue weighted by Crippen LogP contribution is -2.32. The molecule has 0 aromatic carbocycles. The van der Waals surface area contributed by atoms with Crippen LogP contribution in [0.4, 0.5) is 4.79 Å². The molecule has 1 aromatic heterocycles. The highest BCUT2D eigenvalue weighted by atomic mass is 16.6. The average Bonchev–Trinajstić information content (AvgIpc) is 3.00. The molecule has 0 aliphatic heterocycles. The van der Waals surface area contributed by atoms with Crippen molar-refractivity contribution in [2.24, 2.45) is 5.92 Å². The number of aromatic nitrogens is 1. The molecular weight excluding hydrogens is 316 g/mol. The molecule has 0 fully saturated rings. The molecule has 24 heavy (non-hydrogen) atoms. The van der Waals surface area contributed by atoms with Gasteiger partial charge in [-0.15, -0.1) is 0 Å². The molecule has 2 unspecified atom stereocenters. The number of alkyl carbamates (subject to hydrolysis) is 1. The van der Waals surface area contributed by atoms with Crippen LogP contribution in [0.15, 0.2) is 4.42 Å². The van der Waals surface area contributed by atoms with E-state index in [0.29, 0.717) is 18.7 Å². The van der Waals surface area contributed by atoms with E-state index in [9.17, 15) is 9.59 Å². The topological polar surface area (TPSA) is 122 Å². The summed E-state index contributed by atoms with van der Waals surface area (Å²) in [7, 11) is 0. The van der Waals surface area contributed by atoms with Crippen molar-refractivity contribution in [3.63, 3.8) is 0 Å². The van der Waals surface area contributed by atoms with E-state index in [1.807, 2.05) is 6.39 Å². The number of amides is 1. The zero-order chi connectivity index (χ0) is 18.4. The molecular formula is C16H27N2O6-. The van der Waals surface area contributed by atoms with Crippen LogP contribution in [0.3, 0.4) is 0 Å². The van der Waals surface area contributed by atoms with E-state index < -0.39 is 18.1 Å². The second-order valence-corrected chi connectivity index (χ2v) is 5.31. The van der Waals surface area contributed by atoms with Crippen molar-refractivity contribution in [1.29, 1.82) is 0 Å². The van der Waals surface area contributed by atoms with Crippen molar-refractivity contribution in [2.45, 2.75) is 52.6 Å². The number of ether oxygens (including phenoxy) is 1. The van der Waals surface area contributed by atoms with Gasteiger partial charge in [-0.2, -0.15) is 0 Å². The number of aliphatic hydroxyl groups is 1. The van der Waals surface area contributed by atoms with Crippen molar-refractivity contribution in [2.75, 3.05) is 13.2 Å². The van der Waals surface area contributed by atoms with Crippen LogP contribution in [0.1, 0.15) is 57.0 Å². The fraction of sp³-hybridized carbons (Fsp3) is 0.688. The van der Waals surface area contributed by atoms with Gasteiger partial charge in [0, 0.05) is 6.54 Å². The van der Waals surface area contributed by atoms with E-state index in [1.54, 1.807) is 6.92 Å². The molecule has 0 aliphatic rings. The van der Waals surface area contributed by atoms with Crippen LogP contribution in [0.25, 0.3) is 0 Å². The van der Waals surface area contributed by atoms with Gasteiger partial charge in [0.1, 0.15) is 18.8 Å². The summed E-state index contributed by atoms with van der Waals surface area (Å²) < 4.78 is 9.16. The number of hydrogen-bond donors (Lipinski definition) is 3. The van der Waals surface area contributed by atoms with Gasteiger partial charge in [-0.05, 0) is 19.3 Å². The fourth-order valence-electron chi connectivity index (χ4n) is 1.73. The molecule has 1 heterocycles. The predicted molar refractivity (Wildman–Crippen MR) is 86.7 cm³/mol. The average molecular weight is 343 g/mol. The molecule has 1 aromatic rings. The highest BCUT2D eigenvalue weighted by Gasteiger charge is 2.11. The van der Waals surface area contributed by atoms with Gasteiger partial charge >= 0.3 is 6.09 Å². The Morgan fingerprint density at radius 3 is 2.62 bits per heavy atom. The minimum absolute atomic E-state index is 0.138. The smallest absolute Gasteiger partial charge is 0.407 e. The minimum Gasteiger partial charge on any atom is -0.567 e. The Hall–Kier alpha value is -2.09. The summed E-state index contributed by atoms with van der Waals surface area (Å²) in [6, 6.07) is 0. The number of unbranched alkanes of at least 4 members (excludes halogenated alkanes) is 1. The third-order valence-corrected chi connectivity index (χ3v) is 3.28. The summed E-state index contributed by atoms with van der Waals surface area (Å²) in [6.45, 7) is 6.48. The Labute approximate surface area is 142 Å². The summed E-state index contributed by atoms with van der Waals surface area (Å²) in [5.74, 6) is -0.0815. The quantitative estimate of drug-likeness (QED) is 0.464. The maximum atomic E-state index is 11.3. The van der Waals surface area contributed by atoms with Gasteiger partial charge < -0.3 is 34.5 Å². The van der Waals surface area contributed by atoms with Crippen molar-refractivity contribution >= 4 is 12.4 Å². The summed E-state index contributed by atoms with van der Waals surface area (Å²) in [6.07, 6.45) is 6.02. The standard InChI is InChI=1S/C12H25NO3.C4H2NO3/c1-4-6-7-11(5-2)8-13-12(15)16-10(3)9-14;6-1-3-4(7)5-2-8-3/h10-11,14H,4-9H2,1-3H3,(H,13,15);1,7H/q;-1. The SMILES string of the molecule is CCCCC(CC)CNC(=O)OC(C)CO.O=Cc1o[c-]nc1O. The van der Waals surface area contributed by atoms with E-state index in [1.165, 1.54) is 12.8 Å². The van der Waals surface area contributed by atoms with Crippen LogP contribution >= 0.6 is 0 Å². The summed E-state index contributed by atoms with van der Waals surface area (Å²) >= 11 is 0. The zero-order valence-corrected chi connectivity index (χ0v) is 14.4. The molecule has 0 bridgehead atoms. The van der Waals surface area contributed by atoms with Gasteiger partial charge in [0.05, 0.1) is 18.2 Å². The fourth-order valence-corrected chi connectivity index (χ4v) is 1.73. The number of aromatic hydroxyl groups is 1. The van der Waals surface area contributed by atoms with Crippen LogP contribution in [0.5, 0.6) is 5.88 Å². The summed E-state index contributed by atoms with van der Waals surface area (Å²) in [5, 5.41) is 19.9. The number of nitrogens with zero attached hydrogens (tertiary/aromatic N) is 1. The number of oxazole rings is 1. The molecule has 8 nitrogen and oxygen atoms in total. The van der Waals surface area contributed by atoms with Crippen molar-refractivity contribution in [1.82, 2.24) is 10.3 Å². The molecule has 3 N–H and O–H groups in total. The second kappa shape index (κ2) is 13.4. The van der Waals surface area contributed by atoms with Crippen molar-refractivity contribution < 1.29 is 29.0 Å². The largest absolute Gasteiger partial charge is 0.567 e. The third-order valence-electron chi connectivity index (χ3n) is 3.28. The lowest BCUT2D eigenvalue weighted by Gasteiger charge is -2.16. The van der Waals surface area contributed by atoms with Gasteiger partial charge in [-0.1, -0.05) is 33.1 Å². The number of aliphatic hydroxyl groups excluding tert-OH is 1. The first-order chi connectivity index (χ1) is 11.5. The van der Waals surface area contributed by atoms with E-state index >= 15 is 0 Å². The molecule has 0 saturated carbocycles. The highest BCUT2D eigenvalue weighted by Crippen LogP contribution is 2.11. The first kappa shape index (κ1) is 21.9. The van der Waals surface area contributed by atoms with Gasteiger partial charge in [0.2, 0.25) is 0 Å². The Kier molecular flexibility index (Phi) is 12.2. The Balaban J connectivity index is 0.000000546. The second-order valence-electron chi connectivity index (χ2n) is 5.31. The lowest BCUT2D eigenvalue weighted by atomic mass is 10.00. The number of aldehydes is 1. The summed E-state index contributed by atoms with van der Waals surface area (Å²) in [4.78, 5) is 24.2. The number of carbonyl (C=O) groups is 2. The molecule has 8 heteroatoms. The molecule has 0 radical (unpaired) electrons. The van der Waals surface area contributed by atoms with Gasteiger partial charge in [-0.25, -0.2) is 4.79 Å². The van der Waals surface area contributed by atoms with Crippen LogP contribution < -0.4 is 5.32 Å². The highest BCUT2D eigenvalue weighted by molar-refractivity contribution is 5.73. The third kappa shape index (κ3) is 9.83. The van der Waals surface area contributed by atoms with Crippen molar-refractivity contribution in [3.8, 4) is 5.88 Å². The van der Waals surface area contributed by atoms with Gasteiger partial charge in [-0.3, -0.25) is 0 Å². The van der Waals surface area contributed by atoms with Crippen LogP contribution in [0, 0.1) is 12.3 Å². The monoisotopic (exact) mass is 343 g/mol. The molecule has 1 rings (SSSR count). The Bertz CT molecular complexity index is 463. The number of carbonyl (C=O) groups excluding carboxylic acids is 2. The van der Waals surface area contributed by atoms with E-state index in [-0.39, 0.29) is 12.4 Å². The number of nitrogens with one attached hydrogen (secondary N) is 1. The number of rotatable bonds is 9. The van der Waals surface area contributed by atoms with E-state index in [2.05, 4.69) is 28.6 Å². The van der Waals surface area contributed by atoms with Crippen LogP contribution in [-0.2, 0) is 4.74 Å². The maximum Gasteiger partial charge on any atom is 0.407 e. The molecule has 1 amide bonds. The number of hydrogen-bond acceptors (Lipinski definition) is 7. The first-order valence-electron chi connectivity index (χ1n) is 8.04. The molecule has 2 atom stereocenters. The molecule has 0 saturated heterocycles. The predicted octanol–water partition coefficient (Wildman–Crippen LogP) is 2.30. The van der Waals surface area contributed by atoms with E-state index in [4.69, 9.17) is 14.9 Å². The molecule has 0 aliphatic carbocycles. The van der Waals surface area contributed by atoms with Crippen LogP contribution in [0.2, 0.25) is 0 Å². The molecule has 138 valence electrons. The van der Waals surface area contributed by atoms with E-state index in [0.717, 1.165) is 12.8 Å². The Morgan fingerprint density at radius 2 is 2.21 bits per heavy atom. The first-order valence-corrected chi connectivity index (χ1v) is 8.04. The lowest BCUT2D eigenvalue weighted by molar-refractivity contribution is 0.0672. The van der Waals surface area contributed by atoms with Gasteiger partial charge in [0.25, 0.3) is 0 Å². The Morgan fingerprint density at radius 1 is 1.50 bits per heavy atom. The maximum absolute atomic E-state index is 11.3. The van der Waals surface area contributed by atoms with Crippen molar-refractivity contribution in [3.05, 3.63) is 12.2 Å². The van der Waals surface area contributed by atoms with Crippen LogP contribution in [-0.4, -0.2) is 46.8 Å². The molecule has 0 spiro atoms. The summed E-state index contributed by atoms with van der Waals surface area (Å²) in [5.41, 5.74) is 0. The normalized spacial score (nSPS) is 12.5. The van der Waals surface area contributed by atoms with Gasteiger partial charge in [0.15, 0.2) is 0 Å². The minimum atomic E-state index is -0.435.